The minimum absolute atomic E-state index is 0.137. The summed E-state index contributed by atoms with van der Waals surface area (Å²) in [4.78, 5) is 30.6. The van der Waals surface area contributed by atoms with Gasteiger partial charge in [0.15, 0.2) is 4.77 Å². The fraction of sp³-hybridized carbons (Fsp3) is 0.500. The molecule has 3 rings (SSSR count). The van der Waals surface area contributed by atoms with E-state index in [4.69, 9.17) is 12.2 Å². The molecule has 2 aromatic rings. The van der Waals surface area contributed by atoms with Crippen LogP contribution in [-0.2, 0) is 11.3 Å². The van der Waals surface area contributed by atoms with Crippen molar-refractivity contribution in [1.82, 2.24) is 19.9 Å². The second kappa shape index (κ2) is 10.1. The van der Waals surface area contributed by atoms with Crippen LogP contribution < -0.4 is 10.9 Å². The summed E-state index contributed by atoms with van der Waals surface area (Å²) in [5.41, 5.74) is 1.38. The van der Waals surface area contributed by atoms with Gasteiger partial charge in [-0.1, -0.05) is 0 Å². The number of ether oxygens (including phenoxy) is 1. The van der Waals surface area contributed by atoms with Crippen molar-refractivity contribution in [3.63, 3.8) is 0 Å². The number of aromatic amines is 2. The quantitative estimate of drug-likeness (QED) is 0.545. The Balaban J connectivity index is 0.000000260. The number of aliphatic imine (C=N–C) groups is 1. The number of nitrogens with one attached hydrogen (secondary N) is 3. The van der Waals surface area contributed by atoms with Gasteiger partial charge >= 0.3 is 6.09 Å². The number of fused-ring (bicyclic) bond motifs is 1. The molecule has 0 saturated carbocycles. The molecule has 0 bridgehead atoms. The molecule has 26 heavy (non-hydrogen) atoms. The molecule has 0 spiro atoms. The molecule has 2 aromatic heterocycles. The van der Waals surface area contributed by atoms with E-state index in [1.807, 2.05) is 15.8 Å². The summed E-state index contributed by atoms with van der Waals surface area (Å²) in [5, 5.41) is 5.24. The number of amides is 1. The van der Waals surface area contributed by atoms with Crippen molar-refractivity contribution in [2.75, 3.05) is 19.7 Å². The fourth-order valence-electron chi connectivity index (χ4n) is 2.80. The summed E-state index contributed by atoms with van der Waals surface area (Å²) in [6, 6.07) is 1.92. The van der Waals surface area contributed by atoms with Gasteiger partial charge in [0.25, 0.3) is 5.56 Å². The number of piperidine rings is 1. The highest BCUT2D eigenvalue weighted by atomic mass is 32.1. The van der Waals surface area contributed by atoms with Crippen LogP contribution in [0.5, 0.6) is 0 Å². The molecule has 0 atom stereocenters. The highest BCUT2D eigenvalue weighted by Crippen LogP contribution is 2.17. The number of nitrogens with zero attached hydrogens (tertiary/aromatic N) is 2. The summed E-state index contributed by atoms with van der Waals surface area (Å²) >= 11 is 9.40. The van der Waals surface area contributed by atoms with E-state index in [9.17, 15) is 9.59 Å². The molecule has 1 saturated heterocycles. The summed E-state index contributed by atoms with van der Waals surface area (Å²) in [6.07, 6.45) is 3.43. The topological polar surface area (TPSA) is 104 Å². The lowest BCUT2D eigenvalue weighted by atomic mass is 9.98. The minimum Gasteiger partial charge on any atom is -0.448 e. The largest absolute Gasteiger partial charge is 0.448 e. The Morgan fingerprint density at radius 3 is 2.85 bits per heavy atom. The molecule has 0 radical (unpaired) electrons. The molecular formula is C16H21N5O3S2. The van der Waals surface area contributed by atoms with Crippen molar-refractivity contribution in [1.29, 1.82) is 0 Å². The molecule has 3 N–H and O–H groups in total. The lowest BCUT2D eigenvalue weighted by molar-refractivity contribution is 0.164. The Bertz CT molecular complexity index is 904. The first kappa shape index (κ1) is 20.2. The SMILES string of the molecule is CCOC(=O)N=C=S.O=c1[nH]c(=S)n(CC2CCNCC2)c2cc[nH]c12. The maximum atomic E-state index is 11.7. The molecule has 1 fully saturated rings. The summed E-state index contributed by atoms with van der Waals surface area (Å²) in [5.74, 6) is 0.627. The molecule has 1 aliphatic rings. The Hall–Kier alpha value is -2.13. The maximum Gasteiger partial charge on any atom is 0.442 e. The van der Waals surface area contributed by atoms with Gasteiger partial charge in [-0.25, -0.2) is 4.79 Å². The lowest BCUT2D eigenvalue weighted by Crippen LogP contribution is -2.30. The van der Waals surface area contributed by atoms with Crippen LogP contribution in [0.15, 0.2) is 22.1 Å². The van der Waals surface area contributed by atoms with E-state index >= 15 is 0 Å². The van der Waals surface area contributed by atoms with Gasteiger partial charge in [0, 0.05) is 12.7 Å². The number of rotatable bonds is 3. The van der Waals surface area contributed by atoms with Crippen molar-refractivity contribution < 1.29 is 9.53 Å². The summed E-state index contributed by atoms with van der Waals surface area (Å²) in [6.45, 7) is 5.02. The number of carbonyl (C=O) groups excluding carboxylic acids is 1. The van der Waals surface area contributed by atoms with Crippen molar-refractivity contribution in [2.45, 2.75) is 26.3 Å². The molecule has 140 valence electrons. The van der Waals surface area contributed by atoms with Crippen LogP contribution in [0.4, 0.5) is 4.79 Å². The van der Waals surface area contributed by atoms with E-state index in [1.54, 1.807) is 13.1 Å². The molecule has 3 heterocycles. The second-order valence-electron chi connectivity index (χ2n) is 5.70. The third-order valence-electron chi connectivity index (χ3n) is 4.01. The van der Waals surface area contributed by atoms with Gasteiger partial charge in [-0.05, 0) is 69.3 Å². The molecule has 1 aliphatic heterocycles. The van der Waals surface area contributed by atoms with Crippen LogP contribution in [0.3, 0.4) is 0 Å². The van der Waals surface area contributed by atoms with Gasteiger partial charge in [-0.3, -0.25) is 9.78 Å². The standard InChI is InChI=1S/C12H16N4OS.C4H5NO2S/c17-11-10-9(3-6-14-10)16(12(18)15-11)7-8-1-4-13-5-2-8;1-2-7-4(6)5-3-8/h3,6,8,13-14H,1-2,4-5,7H2,(H,15,17,18);2H2,1H3. The average Bonchev–Trinajstić information content (AvgIpc) is 3.11. The first-order valence-electron chi connectivity index (χ1n) is 8.32. The number of isothiocyanates is 1. The third-order valence-corrected chi connectivity index (χ3v) is 4.43. The normalized spacial score (nSPS) is 14.2. The zero-order valence-corrected chi connectivity index (χ0v) is 16.0. The highest BCUT2D eigenvalue weighted by Gasteiger charge is 2.15. The van der Waals surface area contributed by atoms with Crippen LogP contribution >= 0.6 is 24.4 Å². The van der Waals surface area contributed by atoms with E-state index in [1.165, 1.54) is 0 Å². The number of H-pyrrole nitrogens is 2. The van der Waals surface area contributed by atoms with E-state index in [0.717, 1.165) is 38.0 Å². The monoisotopic (exact) mass is 395 g/mol. The number of carbonyl (C=O) groups is 1. The summed E-state index contributed by atoms with van der Waals surface area (Å²) < 4.78 is 6.91. The van der Waals surface area contributed by atoms with Gasteiger partial charge < -0.3 is 19.6 Å². The van der Waals surface area contributed by atoms with Gasteiger partial charge in [-0.15, -0.1) is 4.99 Å². The zero-order chi connectivity index (χ0) is 18.9. The predicted molar refractivity (Wildman–Crippen MR) is 105 cm³/mol. The number of hydrogen-bond donors (Lipinski definition) is 3. The van der Waals surface area contributed by atoms with Crippen LogP contribution in [0, 0.1) is 10.7 Å². The number of thiocarbonyl (C=S) groups is 1. The van der Waals surface area contributed by atoms with Crippen LogP contribution in [0.1, 0.15) is 19.8 Å². The van der Waals surface area contributed by atoms with Gasteiger partial charge in [-0.2, -0.15) is 0 Å². The smallest absolute Gasteiger partial charge is 0.442 e. The van der Waals surface area contributed by atoms with E-state index in [0.29, 0.717) is 22.8 Å². The minimum atomic E-state index is -0.678. The molecule has 1 amide bonds. The first-order valence-corrected chi connectivity index (χ1v) is 9.14. The molecule has 10 heteroatoms. The van der Waals surface area contributed by atoms with E-state index in [2.05, 4.69) is 37.2 Å². The van der Waals surface area contributed by atoms with Gasteiger partial charge in [0.1, 0.15) is 5.52 Å². The molecule has 0 aromatic carbocycles. The summed E-state index contributed by atoms with van der Waals surface area (Å²) in [7, 11) is 0. The Kier molecular flexibility index (Phi) is 7.86. The van der Waals surface area contributed by atoms with Crippen molar-refractivity contribution in [3.8, 4) is 0 Å². The van der Waals surface area contributed by atoms with Crippen molar-refractivity contribution in [3.05, 3.63) is 27.4 Å². The first-order chi connectivity index (χ1) is 12.6. The van der Waals surface area contributed by atoms with Gasteiger partial charge in [0.05, 0.1) is 17.3 Å². The number of hydrogen-bond acceptors (Lipinski definition) is 6. The third kappa shape index (κ3) is 5.43. The Labute approximate surface area is 160 Å². The molecule has 8 nitrogen and oxygen atoms in total. The van der Waals surface area contributed by atoms with Crippen LogP contribution in [-0.4, -0.2) is 45.5 Å². The van der Waals surface area contributed by atoms with Crippen LogP contribution in [0.2, 0.25) is 0 Å². The van der Waals surface area contributed by atoms with E-state index < -0.39 is 6.09 Å². The molecular weight excluding hydrogens is 374 g/mol. The fourth-order valence-corrected chi connectivity index (χ4v) is 3.14. The Morgan fingerprint density at radius 2 is 2.19 bits per heavy atom. The second-order valence-corrected chi connectivity index (χ2v) is 6.27. The maximum absolute atomic E-state index is 11.7. The lowest BCUT2D eigenvalue weighted by Gasteiger charge is -2.23. The highest BCUT2D eigenvalue weighted by molar-refractivity contribution is 7.78. The van der Waals surface area contributed by atoms with Crippen molar-refractivity contribution >= 4 is 46.7 Å². The van der Waals surface area contributed by atoms with Gasteiger partial charge in [0.2, 0.25) is 0 Å². The van der Waals surface area contributed by atoms with E-state index in [-0.39, 0.29) is 5.56 Å². The predicted octanol–water partition coefficient (Wildman–Crippen LogP) is 2.63. The molecule has 0 aliphatic carbocycles. The average molecular weight is 396 g/mol. The van der Waals surface area contributed by atoms with Crippen molar-refractivity contribution in [2.24, 2.45) is 10.9 Å². The van der Waals surface area contributed by atoms with Crippen LogP contribution in [0.25, 0.3) is 11.0 Å². The zero-order valence-electron chi connectivity index (χ0n) is 14.4. The number of aromatic nitrogens is 3. The Morgan fingerprint density at radius 1 is 1.46 bits per heavy atom. The molecule has 0 unspecified atom stereocenters.